The minimum atomic E-state index is -5.15. The molecule has 1 fully saturated rings. The first-order valence-corrected chi connectivity index (χ1v) is 17.1. The Hall–Kier alpha value is -4.87. The number of ether oxygens (including phenoxy) is 1. The molecular formula is C36H36F9N7O2. The van der Waals surface area contributed by atoms with Gasteiger partial charge in [0.05, 0.1) is 40.6 Å². The third-order valence-corrected chi connectivity index (χ3v) is 9.39. The van der Waals surface area contributed by atoms with E-state index in [-0.39, 0.29) is 35.7 Å². The molecule has 6 rings (SSSR count). The van der Waals surface area contributed by atoms with Gasteiger partial charge in [-0.25, -0.2) is 4.79 Å². The molecule has 18 heteroatoms. The molecule has 1 aromatic heterocycles. The van der Waals surface area contributed by atoms with Crippen LogP contribution in [0.3, 0.4) is 0 Å². The number of hydrogen-bond acceptors (Lipinski definition) is 7. The summed E-state index contributed by atoms with van der Waals surface area (Å²) in [6.45, 7) is 5.90. The molecule has 0 N–H and O–H groups in total. The smallest absolute Gasteiger partial charge is 0.416 e. The summed E-state index contributed by atoms with van der Waals surface area (Å²) >= 11 is 0. The van der Waals surface area contributed by atoms with Crippen LogP contribution in [0.1, 0.15) is 79.1 Å². The van der Waals surface area contributed by atoms with Crippen molar-refractivity contribution in [1.29, 1.82) is 0 Å². The molecule has 2 aliphatic heterocycles. The predicted molar refractivity (Wildman–Crippen MR) is 178 cm³/mol. The quantitative estimate of drug-likeness (QED) is 0.166. The highest BCUT2D eigenvalue weighted by molar-refractivity contribution is 5.90. The number of fused-ring (bicyclic) bond motifs is 1. The lowest BCUT2D eigenvalue weighted by Gasteiger charge is -2.43. The SMILES string of the molecule is CC(C)OC(=O)N1c2ccc(C(F)(F)F)cc2[C@H](N(Cc2cc(C(F)(F)F)cc(C(F)(F)F)c2)c2nnn([C@H]3CCN(Cc4ccccc4)C3)n2)C[C@@H]1C. The van der Waals surface area contributed by atoms with E-state index in [0.29, 0.717) is 38.2 Å². The maximum absolute atomic E-state index is 14.1. The number of rotatable bonds is 8. The molecule has 1 amide bonds. The van der Waals surface area contributed by atoms with Crippen molar-refractivity contribution in [3.05, 3.63) is 100 Å². The Kier molecular flexibility index (Phi) is 10.6. The summed E-state index contributed by atoms with van der Waals surface area (Å²) in [6, 6.07) is 11.2. The van der Waals surface area contributed by atoms with Gasteiger partial charge >= 0.3 is 24.6 Å². The number of carbonyl (C=O) groups is 1. The van der Waals surface area contributed by atoms with Crippen LogP contribution in [-0.2, 0) is 36.4 Å². The molecule has 0 unspecified atom stereocenters. The van der Waals surface area contributed by atoms with Gasteiger partial charge in [-0.3, -0.25) is 9.80 Å². The Morgan fingerprint density at radius 1 is 0.870 bits per heavy atom. The van der Waals surface area contributed by atoms with E-state index < -0.39 is 71.6 Å². The van der Waals surface area contributed by atoms with Gasteiger partial charge in [-0.1, -0.05) is 35.4 Å². The summed E-state index contributed by atoms with van der Waals surface area (Å²) in [5.41, 5.74) is -3.66. The van der Waals surface area contributed by atoms with E-state index in [1.165, 1.54) is 14.6 Å². The van der Waals surface area contributed by atoms with Crippen LogP contribution in [0.25, 0.3) is 0 Å². The molecule has 0 radical (unpaired) electrons. The summed E-state index contributed by atoms with van der Waals surface area (Å²) < 4.78 is 131. The molecular weight excluding hydrogens is 733 g/mol. The second-order valence-electron chi connectivity index (χ2n) is 13.8. The van der Waals surface area contributed by atoms with Gasteiger partial charge in [0, 0.05) is 32.2 Å². The number of alkyl halides is 9. The normalized spacial score (nSPS) is 19.6. The zero-order valence-corrected chi connectivity index (χ0v) is 29.3. The molecule has 3 atom stereocenters. The molecule has 54 heavy (non-hydrogen) atoms. The average molecular weight is 770 g/mol. The van der Waals surface area contributed by atoms with Crippen molar-refractivity contribution >= 4 is 17.7 Å². The fourth-order valence-corrected chi connectivity index (χ4v) is 6.94. The zero-order valence-electron chi connectivity index (χ0n) is 29.3. The molecule has 3 aromatic carbocycles. The van der Waals surface area contributed by atoms with Gasteiger partial charge in [0.25, 0.3) is 5.95 Å². The Morgan fingerprint density at radius 2 is 1.52 bits per heavy atom. The first-order valence-electron chi connectivity index (χ1n) is 17.1. The number of tetrazole rings is 1. The lowest BCUT2D eigenvalue weighted by molar-refractivity contribution is -0.143. The Morgan fingerprint density at radius 3 is 2.13 bits per heavy atom. The number of carbonyl (C=O) groups excluding carboxylic acids is 1. The van der Waals surface area contributed by atoms with Crippen LogP contribution in [0, 0.1) is 0 Å². The van der Waals surface area contributed by atoms with E-state index >= 15 is 0 Å². The minimum absolute atomic E-state index is 0.00450. The molecule has 3 heterocycles. The predicted octanol–water partition coefficient (Wildman–Crippen LogP) is 9.07. The van der Waals surface area contributed by atoms with Gasteiger partial charge in [-0.2, -0.15) is 44.3 Å². The van der Waals surface area contributed by atoms with Crippen molar-refractivity contribution in [2.24, 2.45) is 0 Å². The minimum Gasteiger partial charge on any atom is -0.446 e. The second kappa shape index (κ2) is 14.8. The summed E-state index contributed by atoms with van der Waals surface area (Å²) in [7, 11) is 0. The van der Waals surface area contributed by atoms with Crippen molar-refractivity contribution in [3.8, 4) is 0 Å². The Labute approximate surface area is 304 Å². The Balaban J connectivity index is 1.44. The molecule has 4 aromatic rings. The van der Waals surface area contributed by atoms with Crippen molar-refractivity contribution in [2.75, 3.05) is 22.9 Å². The lowest BCUT2D eigenvalue weighted by Crippen LogP contribution is -2.47. The monoisotopic (exact) mass is 769 g/mol. The van der Waals surface area contributed by atoms with E-state index in [4.69, 9.17) is 4.74 Å². The molecule has 9 nitrogen and oxygen atoms in total. The average Bonchev–Trinajstić information content (AvgIpc) is 3.76. The number of halogens is 9. The van der Waals surface area contributed by atoms with Gasteiger partial charge in [-0.15, -0.1) is 5.10 Å². The second-order valence-corrected chi connectivity index (χ2v) is 13.8. The molecule has 0 bridgehead atoms. The highest BCUT2D eigenvalue weighted by Crippen LogP contribution is 2.46. The summed E-state index contributed by atoms with van der Waals surface area (Å²) in [5, 5.41) is 12.9. The van der Waals surface area contributed by atoms with Crippen molar-refractivity contribution in [3.63, 3.8) is 0 Å². The van der Waals surface area contributed by atoms with Crippen LogP contribution in [0.5, 0.6) is 0 Å². The fraction of sp³-hybridized carbons (Fsp3) is 0.444. The molecule has 2 aliphatic rings. The van der Waals surface area contributed by atoms with Crippen LogP contribution in [-0.4, -0.2) is 56.4 Å². The number of likely N-dealkylation sites (tertiary alicyclic amines) is 1. The number of hydrogen-bond donors (Lipinski definition) is 0. The first kappa shape index (κ1) is 38.8. The van der Waals surface area contributed by atoms with Crippen molar-refractivity contribution < 1.29 is 49.0 Å². The summed E-state index contributed by atoms with van der Waals surface area (Å²) in [4.78, 5) is 19.2. The van der Waals surface area contributed by atoms with Gasteiger partial charge in [0.15, 0.2) is 0 Å². The number of nitrogens with zero attached hydrogens (tertiary/aromatic N) is 7. The highest BCUT2D eigenvalue weighted by atomic mass is 19.4. The van der Waals surface area contributed by atoms with Crippen LogP contribution in [0.2, 0.25) is 0 Å². The number of amides is 1. The standard InChI is InChI=1S/C36H36F9N7O2/c1-21(2)54-33(53)51-22(3)13-31(29-17-25(34(37,38)39)9-10-30(29)51)50(19-24-14-26(35(40,41)42)16-27(15-24)36(43,44)45)32-46-48-52(47-32)28-11-12-49(20-28)18-23-7-5-4-6-8-23/h4-10,14-17,21-22,28,31H,11-13,18-20H2,1-3H3/t22-,28-,31+/m0/s1. The van der Waals surface area contributed by atoms with E-state index in [1.54, 1.807) is 20.8 Å². The molecule has 290 valence electrons. The first-order chi connectivity index (χ1) is 25.3. The zero-order chi connectivity index (χ0) is 39.2. The lowest BCUT2D eigenvalue weighted by atomic mass is 9.89. The van der Waals surface area contributed by atoms with Gasteiger partial charge in [0.2, 0.25) is 0 Å². The van der Waals surface area contributed by atoms with Crippen LogP contribution >= 0.6 is 0 Å². The van der Waals surface area contributed by atoms with Crippen molar-refractivity contribution in [1.82, 2.24) is 25.1 Å². The highest BCUT2D eigenvalue weighted by Gasteiger charge is 2.43. The third-order valence-electron chi connectivity index (χ3n) is 9.39. The number of aromatic nitrogens is 4. The van der Waals surface area contributed by atoms with Gasteiger partial charge in [-0.05, 0) is 91.9 Å². The van der Waals surface area contributed by atoms with Crippen LogP contribution < -0.4 is 9.80 Å². The largest absolute Gasteiger partial charge is 0.446 e. The summed E-state index contributed by atoms with van der Waals surface area (Å²) in [6.07, 6.45) is -16.1. The molecule has 0 spiro atoms. The summed E-state index contributed by atoms with van der Waals surface area (Å²) in [5.74, 6) is -0.235. The van der Waals surface area contributed by atoms with E-state index in [1.807, 2.05) is 30.3 Å². The van der Waals surface area contributed by atoms with Gasteiger partial charge < -0.3 is 9.64 Å². The van der Waals surface area contributed by atoms with E-state index in [9.17, 15) is 44.3 Å². The molecule has 0 saturated carbocycles. The maximum atomic E-state index is 14.1. The topological polar surface area (TPSA) is 79.6 Å². The van der Waals surface area contributed by atoms with Crippen LogP contribution in [0.4, 0.5) is 55.9 Å². The molecule has 0 aliphatic carbocycles. The third kappa shape index (κ3) is 8.58. The van der Waals surface area contributed by atoms with Crippen LogP contribution in [0.15, 0.2) is 66.7 Å². The number of anilines is 2. The van der Waals surface area contributed by atoms with Crippen molar-refractivity contribution in [2.45, 2.75) is 89.5 Å². The van der Waals surface area contributed by atoms with E-state index in [0.717, 1.165) is 23.8 Å². The fourth-order valence-electron chi connectivity index (χ4n) is 6.94. The maximum Gasteiger partial charge on any atom is 0.416 e. The Bertz CT molecular complexity index is 1910. The van der Waals surface area contributed by atoms with Gasteiger partial charge in [0.1, 0.15) is 0 Å². The molecule has 1 saturated heterocycles. The van der Waals surface area contributed by atoms with E-state index in [2.05, 4.69) is 20.3 Å². The number of benzene rings is 3.